The Morgan fingerprint density at radius 3 is 2.90 bits per heavy atom. The van der Waals surface area contributed by atoms with E-state index in [1.165, 1.54) is 11.8 Å². The molecule has 0 aliphatic carbocycles. The fourth-order valence-electron chi connectivity index (χ4n) is 1.85. The van der Waals surface area contributed by atoms with Crippen LogP contribution in [0.3, 0.4) is 0 Å². The predicted octanol–water partition coefficient (Wildman–Crippen LogP) is 2.92. The molecule has 2 aromatic heterocycles. The second-order valence-electron chi connectivity index (χ2n) is 4.72. The summed E-state index contributed by atoms with van der Waals surface area (Å²) in [6, 6.07) is 3.72. The average Bonchev–Trinajstić information content (AvgIpc) is 2.81. The van der Waals surface area contributed by atoms with Crippen LogP contribution in [0.5, 0.6) is 0 Å². The van der Waals surface area contributed by atoms with Gasteiger partial charge in [0.2, 0.25) is 0 Å². The Kier molecular flexibility index (Phi) is 5.30. The summed E-state index contributed by atoms with van der Waals surface area (Å²) in [6.45, 7) is 6.69. The van der Waals surface area contributed by atoms with E-state index >= 15 is 0 Å². The van der Waals surface area contributed by atoms with Gasteiger partial charge in [-0.3, -0.25) is 4.57 Å². The molecular weight excluding hydrogens is 310 g/mol. The first-order valence-electron chi connectivity index (χ1n) is 6.72. The Morgan fingerprint density at radius 1 is 1.48 bits per heavy atom. The molecule has 6 nitrogen and oxygen atoms in total. The molecule has 114 valence electrons. The lowest BCUT2D eigenvalue weighted by Crippen LogP contribution is -2.19. The fraction of sp³-hybridized carbons (Fsp3) is 0.462. The lowest BCUT2D eigenvalue weighted by Gasteiger charge is -2.10. The summed E-state index contributed by atoms with van der Waals surface area (Å²) in [4.78, 5) is 16.1. The number of pyridine rings is 1. The molecule has 2 rings (SSSR count). The van der Waals surface area contributed by atoms with Crippen molar-refractivity contribution in [2.45, 2.75) is 37.7 Å². The summed E-state index contributed by atoms with van der Waals surface area (Å²) in [5, 5.41) is 10.9. The molecular formula is C13H18ClN5OS. The Bertz CT molecular complexity index is 667. The molecule has 8 heteroatoms. The molecule has 0 atom stereocenters. The quantitative estimate of drug-likeness (QED) is 0.798. The van der Waals surface area contributed by atoms with Gasteiger partial charge in [-0.2, -0.15) is 0 Å². The molecule has 0 unspecified atom stereocenters. The number of aromatic nitrogens is 4. The van der Waals surface area contributed by atoms with Crippen LogP contribution in [-0.2, 0) is 5.75 Å². The lowest BCUT2D eigenvalue weighted by molar-refractivity contribution is 0.534. The zero-order chi connectivity index (χ0) is 15.4. The van der Waals surface area contributed by atoms with Crippen LogP contribution < -0.4 is 11.0 Å². The van der Waals surface area contributed by atoms with Crippen LogP contribution in [0.4, 0.5) is 5.82 Å². The van der Waals surface area contributed by atoms with E-state index in [4.69, 9.17) is 11.6 Å². The second-order valence-corrected chi connectivity index (χ2v) is 6.07. The van der Waals surface area contributed by atoms with Crippen LogP contribution in [0.25, 0.3) is 0 Å². The summed E-state index contributed by atoms with van der Waals surface area (Å²) in [5.74, 6) is 1.34. The van der Waals surface area contributed by atoms with Crippen molar-refractivity contribution in [3.05, 3.63) is 33.3 Å². The minimum atomic E-state index is -0.201. The maximum absolute atomic E-state index is 11.7. The number of anilines is 1. The highest BCUT2D eigenvalue weighted by molar-refractivity contribution is 7.98. The van der Waals surface area contributed by atoms with Crippen LogP contribution in [0.1, 0.15) is 32.5 Å². The first-order valence-corrected chi connectivity index (χ1v) is 8.08. The smallest absolute Gasteiger partial charge is 0.344 e. The summed E-state index contributed by atoms with van der Waals surface area (Å²) < 4.78 is 1.62. The highest BCUT2D eigenvalue weighted by atomic mass is 35.5. The molecule has 0 saturated heterocycles. The van der Waals surface area contributed by atoms with Crippen molar-refractivity contribution in [1.29, 1.82) is 0 Å². The summed E-state index contributed by atoms with van der Waals surface area (Å²) in [7, 11) is 0. The zero-order valence-corrected chi connectivity index (χ0v) is 13.8. The standard InChI is InChI=1S/C13H18ClN5OS/c1-4-15-11-6-5-9(14)10(16-11)7-21-13-18-17-12(20)19(13)8(2)3/h5-6,8H,4,7H2,1-3H3,(H,15,16)(H,17,20). The number of rotatable bonds is 6. The molecule has 0 spiro atoms. The molecule has 0 aliphatic rings. The van der Waals surface area contributed by atoms with E-state index < -0.39 is 0 Å². The van der Waals surface area contributed by atoms with Crippen molar-refractivity contribution in [2.75, 3.05) is 11.9 Å². The van der Waals surface area contributed by atoms with Gasteiger partial charge in [0.25, 0.3) is 0 Å². The molecule has 0 fully saturated rings. The van der Waals surface area contributed by atoms with E-state index in [0.29, 0.717) is 15.9 Å². The van der Waals surface area contributed by atoms with Crippen molar-refractivity contribution >= 4 is 29.2 Å². The van der Waals surface area contributed by atoms with Crippen molar-refractivity contribution < 1.29 is 0 Å². The second kappa shape index (κ2) is 7.00. The number of hydrogen-bond acceptors (Lipinski definition) is 5. The lowest BCUT2D eigenvalue weighted by atomic mass is 10.3. The molecule has 2 aromatic rings. The van der Waals surface area contributed by atoms with Crippen molar-refractivity contribution in [1.82, 2.24) is 19.7 Å². The SMILES string of the molecule is CCNc1ccc(Cl)c(CSc2n[nH]c(=O)n2C(C)C)n1. The van der Waals surface area contributed by atoms with Crippen molar-refractivity contribution in [2.24, 2.45) is 0 Å². The minimum absolute atomic E-state index is 0.0512. The van der Waals surface area contributed by atoms with E-state index in [0.717, 1.165) is 18.1 Å². The molecule has 0 aromatic carbocycles. The molecule has 0 radical (unpaired) electrons. The van der Waals surface area contributed by atoms with E-state index in [1.807, 2.05) is 32.9 Å². The van der Waals surface area contributed by atoms with Crippen LogP contribution in [0.2, 0.25) is 5.02 Å². The Labute approximate surface area is 132 Å². The molecule has 21 heavy (non-hydrogen) atoms. The average molecular weight is 328 g/mol. The van der Waals surface area contributed by atoms with Crippen LogP contribution in [-0.4, -0.2) is 26.3 Å². The van der Waals surface area contributed by atoms with Gasteiger partial charge >= 0.3 is 5.69 Å². The topological polar surface area (TPSA) is 75.6 Å². The maximum atomic E-state index is 11.7. The first kappa shape index (κ1) is 15.9. The summed E-state index contributed by atoms with van der Waals surface area (Å²) in [6.07, 6.45) is 0. The monoisotopic (exact) mass is 327 g/mol. The zero-order valence-electron chi connectivity index (χ0n) is 12.2. The highest BCUT2D eigenvalue weighted by Gasteiger charge is 2.13. The number of H-pyrrole nitrogens is 1. The van der Waals surface area contributed by atoms with Gasteiger partial charge in [-0.15, -0.1) is 5.10 Å². The Balaban J connectivity index is 2.16. The number of nitrogens with one attached hydrogen (secondary N) is 2. The van der Waals surface area contributed by atoms with Crippen LogP contribution in [0, 0.1) is 0 Å². The van der Waals surface area contributed by atoms with Gasteiger partial charge in [0.1, 0.15) is 5.82 Å². The van der Waals surface area contributed by atoms with E-state index in [-0.39, 0.29) is 11.7 Å². The number of nitrogens with zero attached hydrogens (tertiary/aromatic N) is 3. The third kappa shape index (κ3) is 3.79. The number of thioether (sulfide) groups is 1. The van der Waals surface area contributed by atoms with Gasteiger partial charge in [-0.05, 0) is 32.9 Å². The van der Waals surface area contributed by atoms with Gasteiger partial charge in [-0.1, -0.05) is 23.4 Å². The Hall–Kier alpha value is -1.47. The van der Waals surface area contributed by atoms with Gasteiger partial charge in [-0.25, -0.2) is 14.9 Å². The van der Waals surface area contributed by atoms with Gasteiger partial charge < -0.3 is 5.32 Å². The van der Waals surface area contributed by atoms with Crippen LogP contribution in [0.15, 0.2) is 22.1 Å². The summed E-state index contributed by atoms with van der Waals surface area (Å²) >= 11 is 7.61. The molecule has 2 heterocycles. The first-order chi connectivity index (χ1) is 10.0. The van der Waals surface area contributed by atoms with E-state index in [1.54, 1.807) is 4.57 Å². The van der Waals surface area contributed by atoms with E-state index in [2.05, 4.69) is 20.5 Å². The van der Waals surface area contributed by atoms with Gasteiger partial charge in [0.05, 0.1) is 10.7 Å². The maximum Gasteiger partial charge on any atom is 0.344 e. The number of halogens is 1. The third-order valence-electron chi connectivity index (χ3n) is 2.80. The predicted molar refractivity (Wildman–Crippen MR) is 86.2 cm³/mol. The minimum Gasteiger partial charge on any atom is -0.370 e. The molecule has 0 bridgehead atoms. The van der Waals surface area contributed by atoms with Gasteiger partial charge in [0, 0.05) is 18.3 Å². The largest absolute Gasteiger partial charge is 0.370 e. The van der Waals surface area contributed by atoms with Crippen LogP contribution >= 0.6 is 23.4 Å². The number of hydrogen-bond donors (Lipinski definition) is 2. The normalized spacial score (nSPS) is 11.1. The van der Waals surface area contributed by atoms with E-state index in [9.17, 15) is 4.79 Å². The highest BCUT2D eigenvalue weighted by Crippen LogP contribution is 2.25. The van der Waals surface area contributed by atoms with Crippen molar-refractivity contribution in [3.8, 4) is 0 Å². The van der Waals surface area contributed by atoms with Crippen molar-refractivity contribution in [3.63, 3.8) is 0 Å². The molecule has 2 N–H and O–H groups in total. The fourth-order valence-corrected chi connectivity index (χ4v) is 3.13. The Morgan fingerprint density at radius 2 is 2.24 bits per heavy atom. The number of aromatic amines is 1. The van der Waals surface area contributed by atoms with Gasteiger partial charge in [0.15, 0.2) is 5.16 Å². The summed E-state index contributed by atoms with van der Waals surface area (Å²) in [5.41, 5.74) is 0.568. The molecule has 0 amide bonds. The molecule has 0 aliphatic heterocycles. The third-order valence-corrected chi connectivity index (χ3v) is 4.11. The molecule has 0 saturated carbocycles.